The van der Waals surface area contributed by atoms with Crippen molar-refractivity contribution >= 4 is 249 Å². The van der Waals surface area contributed by atoms with E-state index in [-0.39, 0.29) is 103 Å². The number of ketones is 7. The van der Waals surface area contributed by atoms with Crippen LogP contribution in [0.2, 0.25) is 0 Å². The standard InChI is InChI=1S/C17H25NO2S3.C16H29NO2S3.C14H25NO2S3.C13H25NO2S3.C10H17NOS2.2C10H19NOS2/c1-12(2)11-16(17(14(4)19)21-9-10-22-17)18-23(20)15-7-5-13(3)6-8-15;1-5-6-13(17-22(19)15(2,3)4)16(20-9-10-21-16)14(18)11-12-7-8-12;1-10(16)14(18-7-8-19-14)12(9-11-5-6-11)15-20(17)13(2,3)4;1-6-7-11(14-19(16)12(3,4)5)13(10(2)15)17-8-9-18-13;1-7(12)10(13-4-5-14-10)9(11)6-8-2-3-8;2*1-7(2)6-9(11)10(8(3)12)13-4-5-14-10/h5-8,12,16,18H,9-11H2,1-4H3;12-13,17H,5-11H2,1-4H3;11-12,15H,5-9H2,1-4H3;11,14H,6-9H2,1-5H3;8-9H,2-6,11H2,1H3;2*7,9H,4-6,11H2,1-3H3/t16-,23?;13-,22?;12-,20?;11-,19?;3*9-/m0000000/s1. The number of benzene rings is 1. The monoisotopic (exact) mass is 2090 g/mol. The summed E-state index contributed by atoms with van der Waals surface area (Å²) in [6, 6.07) is 7.66. The summed E-state index contributed by atoms with van der Waals surface area (Å²) in [5, 5.41) is 0. The average Bonchev–Trinajstić information content (AvgIpc) is 1.51. The minimum absolute atomic E-state index is 0.00121. The van der Waals surface area contributed by atoms with Crippen LogP contribution < -0.4 is 36.1 Å². The Labute approximate surface area is 831 Å². The Kier molecular flexibility index (Phi) is 51.6. The molecule has 0 bridgehead atoms. The summed E-state index contributed by atoms with van der Waals surface area (Å²) < 4.78 is 59.5. The maximum Gasteiger partial charge on any atom is 0.160 e. The third-order valence-electron chi connectivity index (χ3n) is 22.6. The summed E-state index contributed by atoms with van der Waals surface area (Å²) in [6.45, 7) is 46.9. The van der Waals surface area contributed by atoms with Crippen molar-refractivity contribution in [1.82, 2.24) is 18.9 Å². The van der Waals surface area contributed by atoms with Gasteiger partial charge in [-0.2, -0.15) is 0 Å². The van der Waals surface area contributed by atoms with E-state index in [2.05, 4.69) is 74.3 Å². The quantitative estimate of drug-likeness (QED) is 0.0322. The lowest BCUT2D eigenvalue weighted by Gasteiger charge is -2.36. The summed E-state index contributed by atoms with van der Waals surface area (Å²) in [6.07, 6.45) is 16.7. The Morgan fingerprint density at radius 2 is 0.611 bits per heavy atom. The first-order valence-corrected chi connectivity index (χ1v) is 63.8. The zero-order chi connectivity index (χ0) is 94.8. The topological polar surface area (TPSA) is 314 Å². The molecule has 36 heteroatoms. The van der Waals surface area contributed by atoms with E-state index in [1.807, 2.05) is 93.5 Å². The molecule has 1 aromatic rings. The minimum Gasteiger partial charge on any atom is -0.325 e. The zero-order valence-electron chi connectivity index (χ0n) is 80.1. The van der Waals surface area contributed by atoms with Crippen LogP contribution in [-0.2, 0) is 77.5 Å². The third kappa shape index (κ3) is 35.4. The molecule has 7 saturated heterocycles. The van der Waals surface area contributed by atoms with Gasteiger partial charge in [0.1, 0.15) is 39.5 Å². The van der Waals surface area contributed by atoms with Gasteiger partial charge in [-0.05, 0) is 216 Å². The molecule has 7 aliphatic heterocycles. The highest BCUT2D eigenvalue weighted by Crippen LogP contribution is 2.56. The van der Waals surface area contributed by atoms with Crippen molar-refractivity contribution in [2.45, 2.75) is 359 Å². The molecule has 7 heterocycles. The van der Waals surface area contributed by atoms with Crippen molar-refractivity contribution in [1.29, 1.82) is 0 Å². The molecule has 11 atom stereocenters. The Morgan fingerprint density at radius 3 is 0.889 bits per heavy atom. The number of hydrogen-bond donors (Lipinski definition) is 7. The molecule has 10 fully saturated rings. The van der Waals surface area contributed by atoms with Gasteiger partial charge in [0.2, 0.25) is 0 Å². The molecule has 728 valence electrons. The second kappa shape index (κ2) is 54.8. The highest BCUT2D eigenvalue weighted by molar-refractivity contribution is 8.25. The molecule has 10 aliphatic rings. The fourth-order valence-electron chi connectivity index (χ4n) is 15.2. The highest BCUT2D eigenvalue weighted by atomic mass is 32.2. The zero-order valence-corrected chi connectivity index (χ0v) is 94.8. The van der Waals surface area contributed by atoms with Gasteiger partial charge in [0, 0.05) is 105 Å². The number of aryl methyl sites for hydroxylation is 1. The van der Waals surface area contributed by atoms with Gasteiger partial charge in [-0.15, -0.1) is 165 Å². The summed E-state index contributed by atoms with van der Waals surface area (Å²) in [5.41, 5.74) is 19.6. The summed E-state index contributed by atoms with van der Waals surface area (Å²) in [4.78, 5) is 85.5. The second-order valence-corrected chi connectivity index (χ2v) is 66.3. The molecular weight excluding hydrogens is 1930 g/mol. The number of nitrogens with two attached hydrogens (primary N) is 3. The first-order chi connectivity index (χ1) is 58.8. The predicted molar refractivity (Wildman–Crippen MR) is 576 cm³/mol. The van der Waals surface area contributed by atoms with Gasteiger partial charge in [-0.1, -0.05) is 112 Å². The number of thioether (sulfide) groups is 14. The lowest BCUT2D eigenvalue weighted by molar-refractivity contribution is -0.120. The number of rotatable bonds is 39. The van der Waals surface area contributed by atoms with Crippen molar-refractivity contribution in [3.05, 3.63) is 29.8 Å². The summed E-state index contributed by atoms with van der Waals surface area (Å²) in [7, 11) is -4.70. The molecule has 3 saturated carbocycles. The molecule has 1 aromatic carbocycles. The minimum atomic E-state index is -1.31. The fraction of sp³-hybridized carbons (Fsp3) is 0.856. The van der Waals surface area contributed by atoms with Crippen LogP contribution in [0.4, 0.5) is 0 Å². The third-order valence-corrected chi connectivity index (χ3v) is 55.1. The van der Waals surface area contributed by atoms with Crippen LogP contribution in [0, 0.1) is 42.4 Å². The molecule has 0 radical (unpaired) electrons. The Bertz CT molecular complexity index is 3580. The molecule has 11 rings (SSSR count). The number of carbonyl (C=O) groups excluding carboxylic acids is 7. The van der Waals surface area contributed by atoms with Crippen LogP contribution >= 0.6 is 165 Å². The van der Waals surface area contributed by atoms with E-state index in [0.717, 1.165) is 155 Å². The van der Waals surface area contributed by atoms with Gasteiger partial charge in [0.05, 0.1) is 76.3 Å². The molecule has 0 amide bonds. The van der Waals surface area contributed by atoms with Gasteiger partial charge in [0.15, 0.2) is 40.5 Å². The van der Waals surface area contributed by atoms with Crippen molar-refractivity contribution in [3.8, 4) is 0 Å². The number of Topliss-reactive ketones (excluding diaryl/α,β-unsaturated/α-hetero) is 7. The van der Waals surface area contributed by atoms with Gasteiger partial charge in [-0.3, -0.25) is 33.6 Å². The Morgan fingerprint density at radius 1 is 0.357 bits per heavy atom. The fourth-order valence-corrected chi connectivity index (χ4v) is 42.0. The number of nitrogens with one attached hydrogen (secondary N) is 4. The highest BCUT2D eigenvalue weighted by Gasteiger charge is 2.55. The van der Waals surface area contributed by atoms with Crippen LogP contribution in [0.1, 0.15) is 268 Å². The van der Waals surface area contributed by atoms with Crippen LogP contribution in [0.15, 0.2) is 29.2 Å². The lowest BCUT2D eigenvalue weighted by atomic mass is 9.99. The SMILES string of the molecule is CC(=O)C1([C@@H](N)CC(C)C)SCCS1.CC(=O)C1([C@@H](N)CC(C)C)SCCS1.CC(=O)C1([C@@H](N)CC2CC2)SCCS1.CC(=O)C1([C@H](CC(C)C)NS(=O)c2ccc(C)cc2)SCCS1.CC(=O)C1([C@H](CC2CC2)NS(=O)C(C)(C)C)SCCS1.CCC[C@H](NS(=O)C(C)(C)C)C1(C(=O)CC2CC2)SCCS1.CCC[C@H](NS(=O)C(C)(C)C)C1(C(C)=O)SCCS1. The first kappa shape index (κ1) is 119. The maximum absolute atomic E-state index is 13.0. The van der Waals surface area contributed by atoms with Crippen molar-refractivity contribution in [3.63, 3.8) is 0 Å². The number of hydrogen-bond acceptors (Lipinski definition) is 28. The predicted octanol–water partition coefficient (Wildman–Crippen LogP) is 19.6. The number of carbonyl (C=O) groups is 7. The normalized spacial score (nSPS) is 23.3. The Hall–Kier alpha value is 2.13. The second-order valence-electron chi connectivity index (χ2n) is 38.5. The van der Waals surface area contributed by atoms with Crippen LogP contribution in [0.3, 0.4) is 0 Å². The van der Waals surface area contributed by atoms with E-state index in [0.29, 0.717) is 41.8 Å². The lowest BCUT2D eigenvalue weighted by Crippen LogP contribution is -2.53. The first-order valence-electron chi connectivity index (χ1n) is 45.4. The molecule has 3 aliphatic carbocycles. The maximum atomic E-state index is 13.0. The molecular formula is C90H159N7O11S18. The molecule has 126 heavy (non-hydrogen) atoms. The van der Waals surface area contributed by atoms with E-state index >= 15 is 0 Å². The van der Waals surface area contributed by atoms with Gasteiger partial charge in [-0.25, -0.2) is 35.7 Å². The largest absolute Gasteiger partial charge is 0.325 e. The van der Waals surface area contributed by atoms with Crippen LogP contribution in [0.5, 0.6) is 0 Å². The van der Waals surface area contributed by atoms with E-state index in [9.17, 15) is 50.4 Å². The molecule has 0 spiro atoms. The molecule has 18 nitrogen and oxygen atoms in total. The van der Waals surface area contributed by atoms with Gasteiger partial charge in [0.25, 0.3) is 0 Å². The molecule has 4 unspecified atom stereocenters. The van der Waals surface area contributed by atoms with E-state index in [1.54, 1.807) is 206 Å². The van der Waals surface area contributed by atoms with Crippen molar-refractivity contribution < 1.29 is 50.4 Å². The summed E-state index contributed by atoms with van der Waals surface area (Å²) in [5.74, 6) is 19.7. The molecule has 10 N–H and O–H groups in total. The van der Waals surface area contributed by atoms with Crippen molar-refractivity contribution in [2.24, 2.45) is 52.7 Å². The van der Waals surface area contributed by atoms with Gasteiger partial charge < -0.3 is 17.2 Å². The average molecular weight is 2090 g/mol. The van der Waals surface area contributed by atoms with Crippen LogP contribution in [-0.4, -0.2) is 223 Å². The smallest absolute Gasteiger partial charge is 0.160 e. The van der Waals surface area contributed by atoms with Crippen molar-refractivity contribution in [2.75, 3.05) is 80.5 Å². The Balaban J connectivity index is 0.000000263. The van der Waals surface area contributed by atoms with E-state index < -0.39 is 60.3 Å². The van der Waals surface area contributed by atoms with Crippen LogP contribution in [0.25, 0.3) is 0 Å². The van der Waals surface area contributed by atoms with E-state index in [1.165, 1.54) is 38.5 Å². The van der Waals surface area contributed by atoms with Gasteiger partial charge >= 0.3 is 0 Å². The molecule has 0 aromatic heterocycles. The summed E-state index contributed by atoms with van der Waals surface area (Å²) >= 11 is 24.4. The van der Waals surface area contributed by atoms with E-state index in [4.69, 9.17) is 17.2 Å².